The Morgan fingerprint density at radius 3 is 2.79 bits per heavy atom. The van der Waals surface area contributed by atoms with Gasteiger partial charge in [-0.2, -0.15) is 0 Å². The van der Waals surface area contributed by atoms with Gasteiger partial charge in [0.1, 0.15) is 18.0 Å². The van der Waals surface area contributed by atoms with E-state index in [0.717, 1.165) is 16.9 Å². The molecule has 1 aromatic carbocycles. The minimum atomic E-state index is -0.425. The van der Waals surface area contributed by atoms with E-state index in [0.29, 0.717) is 32.5 Å². The molecule has 0 radical (unpaired) electrons. The molecule has 2 fully saturated rings. The molecule has 1 spiro atoms. The number of alkyl carbamates (subject to hydrolysis) is 1. The first-order chi connectivity index (χ1) is 11.6. The fraction of sp³-hybridized carbons (Fsp3) is 0.471. The lowest BCUT2D eigenvalue weighted by atomic mass is 9.91. The van der Waals surface area contributed by atoms with Crippen molar-refractivity contribution in [2.45, 2.75) is 31.9 Å². The van der Waals surface area contributed by atoms with Crippen molar-refractivity contribution in [2.75, 3.05) is 19.6 Å². The van der Waals surface area contributed by atoms with E-state index in [1.54, 1.807) is 0 Å². The molecule has 1 aromatic heterocycles. The van der Waals surface area contributed by atoms with E-state index in [1.807, 2.05) is 40.7 Å². The summed E-state index contributed by atoms with van der Waals surface area (Å²) in [5.41, 5.74) is 1.46. The number of nitrogens with one attached hydrogen (secondary N) is 1. The maximum absolute atomic E-state index is 12.7. The lowest BCUT2D eigenvalue weighted by Gasteiger charge is -2.37. The molecule has 24 heavy (non-hydrogen) atoms. The molecular weight excluding hydrogens is 308 g/mol. The summed E-state index contributed by atoms with van der Waals surface area (Å²) in [6.07, 6.45) is 1.01. The molecule has 126 valence electrons. The Bertz CT molecular complexity index is 805. The van der Waals surface area contributed by atoms with Gasteiger partial charge in [-0.25, -0.2) is 9.78 Å². The maximum Gasteiger partial charge on any atom is 0.407 e. The Morgan fingerprint density at radius 2 is 2.08 bits per heavy atom. The quantitative estimate of drug-likeness (QED) is 0.905. The van der Waals surface area contributed by atoms with Gasteiger partial charge in [0, 0.05) is 25.9 Å². The van der Waals surface area contributed by atoms with Crippen LogP contribution >= 0.6 is 0 Å². The average Bonchev–Trinajstić information content (AvgIpc) is 3.09. The number of benzene rings is 1. The third kappa shape index (κ3) is 2.50. The molecule has 0 unspecified atom stereocenters. The van der Waals surface area contributed by atoms with Gasteiger partial charge in [-0.05, 0) is 19.1 Å². The highest BCUT2D eigenvalue weighted by Gasteiger charge is 2.43. The van der Waals surface area contributed by atoms with Crippen LogP contribution in [0.3, 0.4) is 0 Å². The third-order valence-electron chi connectivity index (χ3n) is 5.03. The number of nitrogens with zero attached hydrogens (tertiary/aromatic N) is 3. The zero-order valence-corrected chi connectivity index (χ0v) is 13.6. The topological polar surface area (TPSA) is 76.5 Å². The molecule has 2 aliphatic heterocycles. The molecule has 2 amide bonds. The van der Waals surface area contributed by atoms with Crippen molar-refractivity contribution in [3.63, 3.8) is 0 Å². The van der Waals surface area contributed by atoms with Crippen molar-refractivity contribution in [2.24, 2.45) is 0 Å². The number of likely N-dealkylation sites (tertiary alicyclic amines) is 1. The standard InChI is InChI=1S/C17H20N4O3/c1-12-19-13-4-2-3-5-14(13)21(12)10-15(22)20-8-6-17(7-9-20)11-18-16(23)24-17/h2-5H,6-11H2,1H3,(H,18,23). The minimum Gasteiger partial charge on any atom is -0.441 e. The Hall–Kier alpha value is -2.57. The second-order valence-corrected chi connectivity index (χ2v) is 6.54. The van der Waals surface area contributed by atoms with E-state index in [2.05, 4.69) is 10.3 Å². The van der Waals surface area contributed by atoms with Crippen LogP contribution in [0.2, 0.25) is 0 Å². The molecule has 7 nitrogen and oxygen atoms in total. The summed E-state index contributed by atoms with van der Waals surface area (Å²) in [5.74, 6) is 0.917. The first kappa shape index (κ1) is 15.0. The van der Waals surface area contributed by atoms with Gasteiger partial charge < -0.3 is 19.5 Å². The van der Waals surface area contributed by atoms with Gasteiger partial charge in [0.05, 0.1) is 17.6 Å². The molecule has 2 aliphatic rings. The number of ether oxygens (including phenoxy) is 1. The molecule has 0 aliphatic carbocycles. The van der Waals surface area contributed by atoms with Crippen molar-refractivity contribution in [3.05, 3.63) is 30.1 Å². The van der Waals surface area contributed by atoms with Gasteiger partial charge >= 0.3 is 6.09 Å². The van der Waals surface area contributed by atoms with Crippen LogP contribution in [0.25, 0.3) is 11.0 Å². The van der Waals surface area contributed by atoms with Gasteiger partial charge in [0.25, 0.3) is 0 Å². The molecular formula is C17H20N4O3. The van der Waals surface area contributed by atoms with E-state index in [9.17, 15) is 9.59 Å². The highest BCUT2D eigenvalue weighted by Crippen LogP contribution is 2.29. The van der Waals surface area contributed by atoms with E-state index in [-0.39, 0.29) is 18.5 Å². The molecule has 2 aromatic rings. The van der Waals surface area contributed by atoms with Crippen LogP contribution in [0.15, 0.2) is 24.3 Å². The number of amides is 2. The lowest BCUT2D eigenvalue weighted by molar-refractivity contribution is -0.135. The van der Waals surface area contributed by atoms with Crippen molar-refractivity contribution < 1.29 is 14.3 Å². The second-order valence-electron chi connectivity index (χ2n) is 6.54. The van der Waals surface area contributed by atoms with Crippen LogP contribution in [0.5, 0.6) is 0 Å². The van der Waals surface area contributed by atoms with Crippen LogP contribution in [-0.2, 0) is 16.1 Å². The summed E-state index contributed by atoms with van der Waals surface area (Å²) in [7, 11) is 0. The fourth-order valence-electron chi connectivity index (χ4n) is 3.58. The third-order valence-corrected chi connectivity index (χ3v) is 5.03. The molecule has 2 saturated heterocycles. The van der Waals surface area contributed by atoms with Crippen molar-refractivity contribution >= 4 is 23.0 Å². The average molecular weight is 328 g/mol. The lowest BCUT2D eigenvalue weighted by Crippen LogP contribution is -2.49. The van der Waals surface area contributed by atoms with Gasteiger partial charge in [-0.15, -0.1) is 0 Å². The largest absolute Gasteiger partial charge is 0.441 e. The second kappa shape index (κ2) is 5.51. The molecule has 0 atom stereocenters. The number of piperidine rings is 1. The summed E-state index contributed by atoms with van der Waals surface area (Å²) in [6, 6.07) is 7.84. The smallest absolute Gasteiger partial charge is 0.407 e. The molecule has 7 heteroatoms. The first-order valence-corrected chi connectivity index (χ1v) is 8.23. The van der Waals surface area contributed by atoms with Crippen LogP contribution in [0.4, 0.5) is 4.79 Å². The maximum atomic E-state index is 12.7. The highest BCUT2D eigenvalue weighted by atomic mass is 16.6. The van der Waals surface area contributed by atoms with Crippen molar-refractivity contribution in [1.29, 1.82) is 0 Å². The molecule has 1 N–H and O–H groups in total. The van der Waals surface area contributed by atoms with Gasteiger partial charge in [0.2, 0.25) is 5.91 Å². The number of imidazole rings is 1. The molecule has 0 bridgehead atoms. The van der Waals surface area contributed by atoms with Crippen LogP contribution in [-0.4, -0.2) is 51.7 Å². The minimum absolute atomic E-state index is 0.0772. The predicted octanol–water partition coefficient (Wildman–Crippen LogP) is 1.45. The summed E-state index contributed by atoms with van der Waals surface area (Å²) in [4.78, 5) is 30.3. The van der Waals surface area contributed by atoms with E-state index in [4.69, 9.17) is 4.74 Å². The number of carbonyl (C=O) groups is 2. The zero-order valence-electron chi connectivity index (χ0n) is 13.6. The Kier molecular flexibility index (Phi) is 3.44. The highest BCUT2D eigenvalue weighted by molar-refractivity contribution is 5.81. The summed E-state index contributed by atoms with van der Waals surface area (Å²) in [6.45, 7) is 3.97. The molecule has 0 saturated carbocycles. The van der Waals surface area contributed by atoms with Crippen LogP contribution in [0.1, 0.15) is 18.7 Å². The van der Waals surface area contributed by atoms with Crippen LogP contribution in [0, 0.1) is 6.92 Å². The number of hydrogen-bond donors (Lipinski definition) is 1. The first-order valence-electron chi connectivity index (χ1n) is 8.23. The summed E-state index contributed by atoms with van der Waals surface area (Å²) < 4.78 is 7.35. The molecule has 4 rings (SSSR count). The van der Waals surface area contributed by atoms with Gasteiger partial charge in [0.15, 0.2) is 0 Å². The van der Waals surface area contributed by atoms with Gasteiger partial charge in [-0.1, -0.05) is 12.1 Å². The number of carbonyl (C=O) groups excluding carboxylic acids is 2. The normalized spacial score (nSPS) is 19.5. The van der Waals surface area contributed by atoms with E-state index in [1.165, 1.54) is 0 Å². The summed E-state index contributed by atoms with van der Waals surface area (Å²) >= 11 is 0. The zero-order chi connectivity index (χ0) is 16.7. The Morgan fingerprint density at radius 1 is 1.33 bits per heavy atom. The number of aromatic nitrogens is 2. The fourth-order valence-corrected chi connectivity index (χ4v) is 3.58. The number of rotatable bonds is 2. The van der Waals surface area contributed by atoms with Crippen LogP contribution < -0.4 is 5.32 Å². The van der Waals surface area contributed by atoms with Crippen molar-refractivity contribution in [1.82, 2.24) is 19.8 Å². The number of fused-ring (bicyclic) bond motifs is 1. The monoisotopic (exact) mass is 328 g/mol. The number of hydrogen-bond acceptors (Lipinski definition) is 4. The SMILES string of the molecule is Cc1nc2ccccc2n1CC(=O)N1CCC2(CC1)CNC(=O)O2. The number of para-hydroxylation sites is 2. The number of aryl methyl sites for hydroxylation is 1. The van der Waals surface area contributed by atoms with E-state index < -0.39 is 5.60 Å². The van der Waals surface area contributed by atoms with E-state index >= 15 is 0 Å². The van der Waals surface area contributed by atoms with Gasteiger partial charge in [-0.3, -0.25) is 4.79 Å². The Labute approximate surface area is 139 Å². The molecule has 3 heterocycles. The van der Waals surface area contributed by atoms with Crippen molar-refractivity contribution in [3.8, 4) is 0 Å². The Balaban J connectivity index is 1.45. The summed E-state index contributed by atoms with van der Waals surface area (Å²) in [5, 5.41) is 2.71. The predicted molar refractivity (Wildman–Crippen MR) is 87.5 cm³/mol.